The van der Waals surface area contributed by atoms with Crippen LogP contribution in [0, 0.1) is 12.3 Å². The number of para-hydroxylation sites is 1. The van der Waals surface area contributed by atoms with Crippen LogP contribution in [0.5, 0.6) is 5.75 Å². The normalized spacial score (nSPS) is 17.4. The van der Waals surface area contributed by atoms with Crippen molar-refractivity contribution < 1.29 is 9.47 Å². The van der Waals surface area contributed by atoms with Crippen LogP contribution in [0.15, 0.2) is 48.5 Å². The zero-order valence-corrected chi connectivity index (χ0v) is 16.0. The number of nitrogens with zero attached hydrogens (tertiary/aromatic N) is 1. The van der Waals surface area contributed by atoms with E-state index in [1.807, 2.05) is 18.2 Å². The molecular formula is C23H28N2O2. The number of nitrogens with one attached hydrogen (secondary N) is 1. The lowest BCUT2D eigenvalue weighted by atomic mass is 10.1. The Kier molecular flexibility index (Phi) is 7.29. The Bertz CT molecular complexity index is 769. The van der Waals surface area contributed by atoms with Crippen molar-refractivity contribution in [2.45, 2.75) is 32.7 Å². The van der Waals surface area contributed by atoms with E-state index in [0.29, 0.717) is 12.7 Å². The summed E-state index contributed by atoms with van der Waals surface area (Å²) in [4.78, 5) is 2.46. The topological polar surface area (TPSA) is 33.7 Å². The monoisotopic (exact) mass is 364 g/mol. The van der Waals surface area contributed by atoms with Crippen molar-refractivity contribution in [1.82, 2.24) is 10.2 Å². The SMILES string of the molecule is C#CCOc1ccccc1CNCc1cccc(CN2CCOC(C)C2)c1. The summed E-state index contributed by atoms with van der Waals surface area (Å²) in [5, 5.41) is 3.51. The Labute approximate surface area is 162 Å². The van der Waals surface area contributed by atoms with E-state index in [2.05, 4.69) is 53.4 Å². The van der Waals surface area contributed by atoms with Gasteiger partial charge in [-0.05, 0) is 24.1 Å². The summed E-state index contributed by atoms with van der Waals surface area (Å²) in [5.41, 5.74) is 3.75. The van der Waals surface area contributed by atoms with Gasteiger partial charge in [0.2, 0.25) is 0 Å². The minimum atomic E-state index is 0.291. The molecule has 0 aliphatic carbocycles. The number of hydrogen-bond donors (Lipinski definition) is 1. The zero-order valence-electron chi connectivity index (χ0n) is 16.0. The molecule has 1 heterocycles. The van der Waals surface area contributed by atoms with E-state index < -0.39 is 0 Å². The van der Waals surface area contributed by atoms with Gasteiger partial charge < -0.3 is 14.8 Å². The lowest BCUT2D eigenvalue weighted by molar-refractivity contribution is -0.0212. The maximum Gasteiger partial charge on any atom is 0.148 e. The van der Waals surface area contributed by atoms with Crippen molar-refractivity contribution in [2.24, 2.45) is 0 Å². The molecule has 4 heteroatoms. The third-order valence-corrected chi connectivity index (χ3v) is 4.65. The Morgan fingerprint density at radius 3 is 2.89 bits per heavy atom. The maximum absolute atomic E-state index is 5.63. The van der Waals surface area contributed by atoms with E-state index in [4.69, 9.17) is 15.9 Å². The summed E-state index contributed by atoms with van der Waals surface area (Å²) in [6, 6.07) is 16.8. The van der Waals surface area contributed by atoms with Gasteiger partial charge in [0.15, 0.2) is 0 Å². The van der Waals surface area contributed by atoms with Crippen LogP contribution in [0.1, 0.15) is 23.6 Å². The number of rotatable bonds is 8. The van der Waals surface area contributed by atoms with Crippen molar-refractivity contribution in [3.05, 3.63) is 65.2 Å². The standard InChI is InChI=1S/C23H28N2O2/c1-3-12-27-23-10-5-4-9-22(23)16-24-15-20-7-6-8-21(14-20)18-25-11-13-26-19(2)17-25/h1,4-10,14,19,24H,11-13,15-18H2,2H3. The minimum Gasteiger partial charge on any atom is -0.481 e. The van der Waals surface area contributed by atoms with Crippen molar-refractivity contribution in [2.75, 3.05) is 26.3 Å². The molecule has 1 unspecified atom stereocenters. The van der Waals surface area contributed by atoms with Gasteiger partial charge in [0.05, 0.1) is 12.7 Å². The van der Waals surface area contributed by atoms with Crippen molar-refractivity contribution in [1.29, 1.82) is 0 Å². The van der Waals surface area contributed by atoms with Gasteiger partial charge in [-0.3, -0.25) is 4.90 Å². The first kappa shape index (κ1) is 19.4. The Hall–Kier alpha value is -2.32. The van der Waals surface area contributed by atoms with Crippen LogP contribution >= 0.6 is 0 Å². The van der Waals surface area contributed by atoms with Gasteiger partial charge in [0.1, 0.15) is 12.4 Å². The molecule has 0 bridgehead atoms. The maximum atomic E-state index is 5.63. The molecule has 27 heavy (non-hydrogen) atoms. The van der Waals surface area contributed by atoms with E-state index in [9.17, 15) is 0 Å². The minimum absolute atomic E-state index is 0.291. The van der Waals surface area contributed by atoms with Gasteiger partial charge >= 0.3 is 0 Å². The third-order valence-electron chi connectivity index (χ3n) is 4.65. The number of morpholine rings is 1. The molecule has 1 atom stereocenters. The lowest BCUT2D eigenvalue weighted by Crippen LogP contribution is -2.40. The van der Waals surface area contributed by atoms with Crippen LogP contribution in [-0.4, -0.2) is 37.3 Å². The van der Waals surface area contributed by atoms with Gasteiger partial charge in [0.25, 0.3) is 0 Å². The number of terminal acetylenes is 1. The molecule has 3 rings (SSSR count). The fourth-order valence-corrected chi connectivity index (χ4v) is 3.38. The molecule has 2 aromatic rings. The number of ether oxygens (including phenoxy) is 2. The highest BCUT2D eigenvalue weighted by atomic mass is 16.5. The molecule has 1 N–H and O–H groups in total. The van der Waals surface area contributed by atoms with Crippen molar-refractivity contribution >= 4 is 0 Å². The van der Waals surface area contributed by atoms with Crippen LogP contribution in [0.4, 0.5) is 0 Å². The molecule has 1 saturated heterocycles. The fourth-order valence-electron chi connectivity index (χ4n) is 3.38. The molecule has 0 radical (unpaired) electrons. The van der Waals surface area contributed by atoms with E-state index in [-0.39, 0.29) is 0 Å². The van der Waals surface area contributed by atoms with Crippen molar-refractivity contribution in [3.8, 4) is 18.1 Å². The molecule has 0 amide bonds. The largest absolute Gasteiger partial charge is 0.481 e. The van der Waals surface area contributed by atoms with Gasteiger partial charge in [-0.1, -0.05) is 48.4 Å². The Morgan fingerprint density at radius 1 is 1.19 bits per heavy atom. The molecular weight excluding hydrogens is 336 g/mol. The first-order valence-corrected chi connectivity index (χ1v) is 9.51. The van der Waals surface area contributed by atoms with Crippen molar-refractivity contribution in [3.63, 3.8) is 0 Å². The average molecular weight is 364 g/mol. The van der Waals surface area contributed by atoms with Crippen LogP contribution in [0.25, 0.3) is 0 Å². The molecule has 1 fully saturated rings. The molecule has 1 aliphatic rings. The summed E-state index contributed by atoms with van der Waals surface area (Å²) in [7, 11) is 0. The summed E-state index contributed by atoms with van der Waals surface area (Å²) in [5.74, 6) is 3.36. The van der Waals surface area contributed by atoms with E-state index in [1.54, 1.807) is 0 Å². The molecule has 0 saturated carbocycles. The third kappa shape index (κ3) is 6.11. The van der Waals surface area contributed by atoms with E-state index >= 15 is 0 Å². The molecule has 2 aromatic carbocycles. The quantitative estimate of drug-likeness (QED) is 0.730. The first-order chi connectivity index (χ1) is 13.2. The molecule has 1 aliphatic heterocycles. The van der Waals surface area contributed by atoms with Gasteiger partial charge in [-0.15, -0.1) is 6.42 Å². The molecule has 0 aromatic heterocycles. The van der Waals surface area contributed by atoms with E-state index in [0.717, 1.165) is 50.6 Å². The summed E-state index contributed by atoms with van der Waals surface area (Å²) < 4.78 is 11.2. The highest BCUT2D eigenvalue weighted by Crippen LogP contribution is 2.18. The Morgan fingerprint density at radius 2 is 2.04 bits per heavy atom. The van der Waals surface area contributed by atoms with Gasteiger partial charge in [-0.2, -0.15) is 0 Å². The van der Waals surface area contributed by atoms with Crippen LogP contribution < -0.4 is 10.1 Å². The zero-order chi connectivity index (χ0) is 18.9. The van der Waals surface area contributed by atoms with Gasteiger partial charge in [0, 0.05) is 38.3 Å². The highest BCUT2D eigenvalue weighted by molar-refractivity contribution is 5.33. The fraction of sp³-hybridized carbons (Fsp3) is 0.391. The first-order valence-electron chi connectivity index (χ1n) is 9.51. The summed E-state index contributed by atoms with van der Waals surface area (Å²) in [6.07, 6.45) is 5.61. The average Bonchev–Trinajstić information content (AvgIpc) is 2.67. The predicted molar refractivity (Wildman–Crippen MR) is 108 cm³/mol. The summed E-state index contributed by atoms with van der Waals surface area (Å²) >= 11 is 0. The predicted octanol–water partition coefficient (Wildman–Crippen LogP) is 3.21. The van der Waals surface area contributed by atoms with Gasteiger partial charge in [-0.25, -0.2) is 0 Å². The smallest absolute Gasteiger partial charge is 0.148 e. The second kappa shape index (κ2) is 10.1. The van der Waals surface area contributed by atoms with E-state index in [1.165, 1.54) is 11.1 Å². The number of hydrogen-bond acceptors (Lipinski definition) is 4. The second-order valence-corrected chi connectivity index (χ2v) is 6.94. The number of benzene rings is 2. The molecule has 4 nitrogen and oxygen atoms in total. The lowest BCUT2D eigenvalue weighted by Gasteiger charge is -2.31. The summed E-state index contributed by atoms with van der Waals surface area (Å²) in [6.45, 7) is 7.78. The second-order valence-electron chi connectivity index (χ2n) is 6.94. The molecule has 142 valence electrons. The van der Waals surface area contributed by atoms with Crippen LogP contribution in [-0.2, 0) is 24.4 Å². The van der Waals surface area contributed by atoms with Crippen LogP contribution in [0.3, 0.4) is 0 Å². The van der Waals surface area contributed by atoms with Crippen LogP contribution in [0.2, 0.25) is 0 Å². The highest BCUT2D eigenvalue weighted by Gasteiger charge is 2.16. The Balaban J connectivity index is 1.52. The molecule has 0 spiro atoms.